The summed E-state index contributed by atoms with van der Waals surface area (Å²) in [7, 11) is 0. The van der Waals surface area contributed by atoms with E-state index in [4.69, 9.17) is 9.94 Å². The third kappa shape index (κ3) is 8.49. The van der Waals surface area contributed by atoms with E-state index in [1.807, 2.05) is 48.5 Å². The molecule has 0 heterocycles. The van der Waals surface area contributed by atoms with E-state index in [-0.39, 0.29) is 18.3 Å². The van der Waals surface area contributed by atoms with Crippen molar-refractivity contribution >= 4 is 23.5 Å². The van der Waals surface area contributed by atoms with Crippen molar-refractivity contribution in [3.8, 4) is 0 Å². The fraction of sp³-hybridized carbons (Fsp3) is 0.444. The summed E-state index contributed by atoms with van der Waals surface area (Å²) in [5.74, 6) is -1.09. The van der Waals surface area contributed by atoms with Crippen LogP contribution in [0, 0.1) is 10.8 Å². The standard InChI is InChI=1S/C27H37N3O5/c1-6-35-23(31)22(16-19-11-8-7-9-12-19)28-17-20-13-10-14-21(15-20)29-24(32)26(2,3)18-27(4,5)25(33)30-34/h7-15,22,28,34H,6,16-18H2,1-5H3,(H,29,32)(H,30,33)/t22-/m0/s1. The Labute approximate surface area is 207 Å². The molecule has 0 saturated heterocycles. The topological polar surface area (TPSA) is 117 Å². The van der Waals surface area contributed by atoms with E-state index in [0.29, 0.717) is 25.3 Å². The molecule has 0 bridgehead atoms. The molecule has 4 N–H and O–H groups in total. The van der Waals surface area contributed by atoms with Crippen LogP contribution in [0.25, 0.3) is 0 Å². The summed E-state index contributed by atoms with van der Waals surface area (Å²) in [5.41, 5.74) is 2.41. The second kappa shape index (κ2) is 12.5. The summed E-state index contributed by atoms with van der Waals surface area (Å²) in [6, 6.07) is 16.6. The van der Waals surface area contributed by atoms with Gasteiger partial charge in [-0.15, -0.1) is 0 Å². The first-order valence-corrected chi connectivity index (χ1v) is 11.8. The van der Waals surface area contributed by atoms with Gasteiger partial charge in [-0.25, -0.2) is 5.48 Å². The van der Waals surface area contributed by atoms with Crippen molar-refractivity contribution in [3.63, 3.8) is 0 Å². The molecule has 0 unspecified atom stereocenters. The number of carbonyl (C=O) groups excluding carboxylic acids is 3. The van der Waals surface area contributed by atoms with Gasteiger partial charge in [0.2, 0.25) is 11.8 Å². The van der Waals surface area contributed by atoms with E-state index in [2.05, 4.69) is 10.6 Å². The zero-order chi connectivity index (χ0) is 26.1. The SMILES string of the molecule is CCOC(=O)[C@H](Cc1ccccc1)NCc1cccc(NC(=O)C(C)(C)CC(C)(C)C(=O)NO)c1. The predicted octanol–water partition coefficient (Wildman–Crippen LogP) is 3.84. The maximum absolute atomic E-state index is 13.0. The number of hydrogen-bond donors (Lipinski definition) is 4. The molecule has 0 aliphatic carbocycles. The zero-order valence-electron chi connectivity index (χ0n) is 21.2. The molecule has 190 valence electrons. The highest BCUT2D eigenvalue weighted by Gasteiger charge is 2.39. The van der Waals surface area contributed by atoms with Crippen LogP contribution in [-0.4, -0.2) is 35.6 Å². The van der Waals surface area contributed by atoms with Gasteiger partial charge in [0, 0.05) is 23.1 Å². The van der Waals surface area contributed by atoms with Crippen molar-refractivity contribution < 1.29 is 24.3 Å². The molecule has 2 rings (SSSR count). The second-order valence-corrected chi connectivity index (χ2v) is 9.92. The van der Waals surface area contributed by atoms with Crippen LogP contribution >= 0.6 is 0 Å². The summed E-state index contributed by atoms with van der Waals surface area (Å²) < 4.78 is 5.24. The lowest BCUT2D eigenvalue weighted by atomic mass is 9.74. The highest BCUT2D eigenvalue weighted by molar-refractivity contribution is 5.95. The van der Waals surface area contributed by atoms with Crippen LogP contribution in [0.2, 0.25) is 0 Å². The molecule has 1 atom stereocenters. The van der Waals surface area contributed by atoms with Gasteiger partial charge in [-0.1, -0.05) is 70.2 Å². The van der Waals surface area contributed by atoms with E-state index in [0.717, 1.165) is 11.1 Å². The number of hydrogen-bond acceptors (Lipinski definition) is 6. The van der Waals surface area contributed by atoms with Gasteiger partial charge in [0.25, 0.3) is 0 Å². The first kappa shape index (κ1) is 28.0. The number of esters is 1. The lowest BCUT2D eigenvalue weighted by Crippen LogP contribution is -2.42. The molecule has 2 aromatic carbocycles. The Morgan fingerprint density at radius 2 is 1.54 bits per heavy atom. The molecule has 0 aromatic heterocycles. The highest BCUT2D eigenvalue weighted by Crippen LogP contribution is 2.35. The number of ether oxygens (including phenoxy) is 1. The lowest BCUT2D eigenvalue weighted by Gasteiger charge is -2.32. The Balaban J connectivity index is 2.06. The predicted molar refractivity (Wildman–Crippen MR) is 135 cm³/mol. The van der Waals surface area contributed by atoms with E-state index in [1.165, 1.54) is 0 Å². The Bertz CT molecular complexity index is 1000. The number of anilines is 1. The van der Waals surface area contributed by atoms with Crippen LogP contribution in [0.15, 0.2) is 54.6 Å². The van der Waals surface area contributed by atoms with Crippen LogP contribution in [0.5, 0.6) is 0 Å². The number of hydroxylamine groups is 1. The summed E-state index contributed by atoms with van der Waals surface area (Å²) in [4.78, 5) is 37.4. The first-order valence-electron chi connectivity index (χ1n) is 11.8. The minimum Gasteiger partial charge on any atom is -0.465 e. The van der Waals surface area contributed by atoms with Crippen LogP contribution < -0.4 is 16.1 Å². The van der Waals surface area contributed by atoms with Gasteiger partial charge in [0.1, 0.15) is 6.04 Å². The Hall–Kier alpha value is -3.23. The Morgan fingerprint density at radius 3 is 2.17 bits per heavy atom. The smallest absolute Gasteiger partial charge is 0.323 e. The molecule has 0 fully saturated rings. The molecular formula is C27H37N3O5. The normalized spacial score (nSPS) is 12.5. The van der Waals surface area contributed by atoms with Gasteiger partial charge in [0.15, 0.2) is 0 Å². The number of benzene rings is 2. The fourth-order valence-corrected chi connectivity index (χ4v) is 4.05. The van der Waals surface area contributed by atoms with E-state index >= 15 is 0 Å². The summed E-state index contributed by atoms with van der Waals surface area (Å²) >= 11 is 0. The van der Waals surface area contributed by atoms with Crippen molar-refractivity contribution in [3.05, 3.63) is 65.7 Å². The average Bonchev–Trinajstić information content (AvgIpc) is 2.81. The van der Waals surface area contributed by atoms with Gasteiger partial charge in [-0.2, -0.15) is 0 Å². The third-order valence-electron chi connectivity index (χ3n) is 5.81. The highest BCUT2D eigenvalue weighted by atomic mass is 16.5. The Morgan fingerprint density at radius 1 is 0.914 bits per heavy atom. The molecule has 0 radical (unpaired) electrons. The zero-order valence-corrected chi connectivity index (χ0v) is 21.2. The van der Waals surface area contributed by atoms with Gasteiger partial charge in [-0.3, -0.25) is 19.6 Å². The molecule has 8 nitrogen and oxygen atoms in total. The minimum atomic E-state index is -0.928. The minimum absolute atomic E-state index is 0.236. The third-order valence-corrected chi connectivity index (χ3v) is 5.81. The average molecular weight is 484 g/mol. The molecule has 0 spiro atoms. The molecule has 0 saturated carbocycles. The Kier molecular flexibility index (Phi) is 9.98. The van der Waals surface area contributed by atoms with Crippen LogP contribution in [0.4, 0.5) is 5.69 Å². The van der Waals surface area contributed by atoms with Crippen LogP contribution in [0.1, 0.15) is 52.2 Å². The number of carbonyl (C=O) groups is 3. The fourth-order valence-electron chi connectivity index (χ4n) is 4.05. The van der Waals surface area contributed by atoms with Crippen molar-refractivity contribution in [2.75, 3.05) is 11.9 Å². The van der Waals surface area contributed by atoms with Crippen molar-refractivity contribution in [1.29, 1.82) is 0 Å². The molecule has 35 heavy (non-hydrogen) atoms. The van der Waals surface area contributed by atoms with Crippen molar-refractivity contribution in [2.45, 2.75) is 60.0 Å². The summed E-state index contributed by atoms with van der Waals surface area (Å²) in [6.45, 7) is 9.36. The van der Waals surface area contributed by atoms with Crippen LogP contribution in [0.3, 0.4) is 0 Å². The maximum Gasteiger partial charge on any atom is 0.323 e. The molecular weight excluding hydrogens is 446 g/mol. The first-order chi connectivity index (χ1) is 16.5. The molecule has 0 aliphatic rings. The van der Waals surface area contributed by atoms with Gasteiger partial charge >= 0.3 is 5.97 Å². The molecule has 2 amide bonds. The quantitative estimate of drug-likeness (QED) is 0.207. The van der Waals surface area contributed by atoms with E-state index in [9.17, 15) is 14.4 Å². The number of rotatable bonds is 12. The van der Waals surface area contributed by atoms with E-state index < -0.39 is 22.8 Å². The molecule has 2 aromatic rings. The molecule has 8 heteroatoms. The van der Waals surface area contributed by atoms with Gasteiger partial charge < -0.3 is 15.4 Å². The summed E-state index contributed by atoms with van der Waals surface area (Å²) in [5, 5.41) is 15.2. The van der Waals surface area contributed by atoms with Gasteiger partial charge in [0.05, 0.1) is 6.61 Å². The number of nitrogens with one attached hydrogen (secondary N) is 3. The van der Waals surface area contributed by atoms with Crippen molar-refractivity contribution in [1.82, 2.24) is 10.8 Å². The van der Waals surface area contributed by atoms with Crippen molar-refractivity contribution in [2.24, 2.45) is 10.8 Å². The molecule has 0 aliphatic heterocycles. The largest absolute Gasteiger partial charge is 0.465 e. The second-order valence-electron chi connectivity index (χ2n) is 9.92. The van der Waals surface area contributed by atoms with Gasteiger partial charge in [-0.05, 0) is 43.0 Å². The van der Waals surface area contributed by atoms with Crippen LogP contribution in [-0.2, 0) is 32.1 Å². The summed E-state index contributed by atoms with van der Waals surface area (Å²) in [6.07, 6.45) is 0.738. The maximum atomic E-state index is 13.0. The van der Waals surface area contributed by atoms with E-state index in [1.54, 1.807) is 46.2 Å². The lowest BCUT2D eigenvalue weighted by molar-refractivity contribution is -0.145. The monoisotopic (exact) mass is 483 g/mol. The number of amides is 2.